The summed E-state index contributed by atoms with van der Waals surface area (Å²) in [4.78, 5) is 25.9. The number of halogens is 2. The first-order chi connectivity index (χ1) is 11.9. The second kappa shape index (κ2) is 6.78. The fourth-order valence-electron chi connectivity index (χ4n) is 3.37. The van der Waals surface area contributed by atoms with Crippen molar-refractivity contribution in [1.82, 2.24) is 4.90 Å². The normalized spacial score (nSPS) is 19.1. The molecule has 1 fully saturated rings. The van der Waals surface area contributed by atoms with Gasteiger partial charge < -0.3 is 10.0 Å². The summed E-state index contributed by atoms with van der Waals surface area (Å²) in [6.45, 7) is 0.868. The molecule has 4 nitrogen and oxygen atoms in total. The number of carbonyl (C=O) groups is 2. The standard InChI is InChI=1S/C19H19F2NO3/c20-15-4-3-14(12-16(15)21)11-13-5-9-22(10-6-13)17(23)19(18(24)25)7-1-2-8-19/h1-4,11-12H,5-10H2,(H,24,25). The molecule has 0 unspecified atom stereocenters. The van der Waals surface area contributed by atoms with Gasteiger partial charge in [-0.05, 0) is 43.4 Å². The van der Waals surface area contributed by atoms with Gasteiger partial charge in [-0.3, -0.25) is 9.59 Å². The van der Waals surface area contributed by atoms with E-state index in [-0.39, 0.29) is 18.7 Å². The molecule has 1 aromatic rings. The number of hydrogen-bond acceptors (Lipinski definition) is 2. The van der Waals surface area contributed by atoms with Gasteiger partial charge in [0.15, 0.2) is 17.0 Å². The lowest BCUT2D eigenvalue weighted by atomic mass is 9.83. The number of aliphatic carboxylic acids is 1. The molecule has 0 aromatic heterocycles. The lowest BCUT2D eigenvalue weighted by Crippen LogP contribution is -2.49. The van der Waals surface area contributed by atoms with Crippen LogP contribution in [-0.2, 0) is 9.59 Å². The molecule has 0 saturated carbocycles. The number of carbonyl (C=O) groups excluding carboxylic acids is 1. The van der Waals surface area contributed by atoms with E-state index in [1.165, 1.54) is 6.07 Å². The quantitative estimate of drug-likeness (QED) is 0.673. The van der Waals surface area contributed by atoms with Crippen molar-refractivity contribution in [2.45, 2.75) is 25.7 Å². The second-order valence-electron chi connectivity index (χ2n) is 6.54. The Labute approximate surface area is 144 Å². The van der Waals surface area contributed by atoms with Gasteiger partial charge in [-0.25, -0.2) is 8.78 Å². The SMILES string of the molecule is O=C(O)C1(C(=O)N2CCC(=Cc3ccc(F)c(F)c3)CC2)CC=CC1. The van der Waals surface area contributed by atoms with Gasteiger partial charge in [0, 0.05) is 13.1 Å². The minimum absolute atomic E-state index is 0.231. The molecular weight excluding hydrogens is 328 g/mol. The first kappa shape index (κ1) is 17.3. The van der Waals surface area contributed by atoms with E-state index in [2.05, 4.69) is 0 Å². The van der Waals surface area contributed by atoms with E-state index in [0.29, 0.717) is 31.5 Å². The van der Waals surface area contributed by atoms with Crippen molar-refractivity contribution in [2.24, 2.45) is 5.41 Å². The first-order valence-corrected chi connectivity index (χ1v) is 8.25. The number of piperidine rings is 1. The molecule has 132 valence electrons. The summed E-state index contributed by atoms with van der Waals surface area (Å²) in [7, 11) is 0. The number of rotatable bonds is 3. The average molecular weight is 347 g/mol. The summed E-state index contributed by atoms with van der Waals surface area (Å²) in [6, 6.07) is 3.74. The zero-order chi connectivity index (χ0) is 18.0. The monoisotopic (exact) mass is 347 g/mol. The highest BCUT2D eigenvalue weighted by Gasteiger charge is 2.48. The van der Waals surface area contributed by atoms with Crippen LogP contribution in [0.15, 0.2) is 35.9 Å². The zero-order valence-corrected chi connectivity index (χ0v) is 13.7. The van der Waals surface area contributed by atoms with E-state index >= 15 is 0 Å². The molecule has 1 aliphatic heterocycles. The van der Waals surface area contributed by atoms with Crippen LogP contribution in [0.5, 0.6) is 0 Å². The maximum absolute atomic E-state index is 13.3. The van der Waals surface area contributed by atoms with Crippen LogP contribution in [0.2, 0.25) is 0 Å². The molecule has 1 aromatic carbocycles. The van der Waals surface area contributed by atoms with Crippen LogP contribution in [0.3, 0.4) is 0 Å². The van der Waals surface area contributed by atoms with Gasteiger partial charge in [-0.15, -0.1) is 0 Å². The predicted octanol–water partition coefficient (Wildman–Crippen LogP) is 3.39. The minimum Gasteiger partial charge on any atom is -0.480 e. The van der Waals surface area contributed by atoms with Crippen LogP contribution in [0.4, 0.5) is 8.78 Å². The number of allylic oxidation sites excluding steroid dienone is 2. The van der Waals surface area contributed by atoms with Crippen LogP contribution in [0, 0.1) is 17.0 Å². The van der Waals surface area contributed by atoms with Crippen molar-refractivity contribution >= 4 is 18.0 Å². The van der Waals surface area contributed by atoms with E-state index < -0.39 is 23.0 Å². The van der Waals surface area contributed by atoms with Crippen LogP contribution in [0.1, 0.15) is 31.2 Å². The number of amides is 1. The van der Waals surface area contributed by atoms with Crippen molar-refractivity contribution < 1.29 is 23.5 Å². The van der Waals surface area contributed by atoms with Gasteiger partial charge in [-0.2, -0.15) is 0 Å². The molecule has 0 atom stereocenters. The van der Waals surface area contributed by atoms with Crippen LogP contribution < -0.4 is 0 Å². The molecular formula is C19H19F2NO3. The molecule has 25 heavy (non-hydrogen) atoms. The Kier molecular flexibility index (Phi) is 4.70. The van der Waals surface area contributed by atoms with Crippen molar-refractivity contribution in [1.29, 1.82) is 0 Å². The molecule has 0 radical (unpaired) electrons. The summed E-state index contributed by atoms with van der Waals surface area (Å²) in [5.41, 5.74) is 0.251. The van der Waals surface area contributed by atoms with Gasteiger partial charge >= 0.3 is 5.97 Å². The highest BCUT2D eigenvalue weighted by molar-refractivity contribution is 6.02. The molecule has 1 saturated heterocycles. The fraction of sp³-hybridized carbons (Fsp3) is 0.368. The third kappa shape index (κ3) is 3.34. The summed E-state index contributed by atoms with van der Waals surface area (Å²) in [5, 5.41) is 9.50. The number of benzene rings is 1. The zero-order valence-electron chi connectivity index (χ0n) is 13.7. The molecule has 0 spiro atoms. The van der Waals surface area contributed by atoms with Crippen molar-refractivity contribution in [2.75, 3.05) is 13.1 Å². The van der Waals surface area contributed by atoms with Crippen LogP contribution in [-0.4, -0.2) is 35.0 Å². The molecule has 6 heteroatoms. The van der Waals surface area contributed by atoms with E-state index in [0.717, 1.165) is 17.7 Å². The van der Waals surface area contributed by atoms with Gasteiger partial charge in [0.1, 0.15) is 0 Å². The maximum atomic E-state index is 13.3. The molecule has 1 aliphatic carbocycles. The Balaban J connectivity index is 1.67. The Hall–Kier alpha value is -2.50. The number of likely N-dealkylation sites (tertiary alicyclic amines) is 1. The van der Waals surface area contributed by atoms with Crippen LogP contribution in [0.25, 0.3) is 6.08 Å². The van der Waals surface area contributed by atoms with E-state index in [4.69, 9.17) is 0 Å². The lowest BCUT2D eigenvalue weighted by molar-refractivity contribution is -0.160. The fourth-order valence-corrected chi connectivity index (χ4v) is 3.37. The number of carboxylic acids is 1. The highest BCUT2D eigenvalue weighted by atomic mass is 19.2. The summed E-state index contributed by atoms with van der Waals surface area (Å²) in [6.07, 6.45) is 6.93. The van der Waals surface area contributed by atoms with Crippen molar-refractivity contribution in [3.63, 3.8) is 0 Å². The third-order valence-corrected chi connectivity index (χ3v) is 4.93. The Morgan fingerprint density at radius 2 is 1.72 bits per heavy atom. The van der Waals surface area contributed by atoms with E-state index in [9.17, 15) is 23.5 Å². The summed E-state index contributed by atoms with van der Waals surface area (Å²) < 4.78 is 26.2. The Morgan fingerprint density at radius 1 is 1.08 bits per heavy atom. The maximum Gasteiger partial charge on any atom is 0.319 e. The first-order valence-electron chi connectivity index (χ1n) is 8.25. The summed E-state index contributed by atoms with van der Waals surface area (Å²) >= 11 is 0. The van der Waals surface area contributed by atoms with Crippen molar-refractivity contribution in [3.8, 4) is 0 Å². The average Bonchev–Trinajstić information content (AvgIpc) is 3.09. The number of nitrogens with zero attached hydrogens (tertiary/aromatic N) is 1. The Bertz CT molecular complexity index is 752. The van der Waals surface area contributed by atoms with Gasteiger partial charge in [0.25, 0.3) is 0 Å². The Morgan fingerprint density at radius 3 is 2.28 bits per heavy atom. The number of carboxylic acid groups (broad SMARTS) is 1. The highest BCUT2D eigenvalue weighted by Crippen LogP contribution is 2.36. The molecule has 2 aliphatic rings. The second-order valence-corrected chi connectivity index (χ2v) is 6.54. The number of hydrogen-bond donors (Lipinski definition) is 1. The van der Waals surface area contributed by atoms with Crippen LogP contribution >= 0.6 is 0 Å². The smallest absolute Gasteiger partial charge is 0.319 e. The van der Waals surface area contributed by atoms with Crippen molar-refractivity contribution in [3.05, 3.63) is 53.1 Å². The third-order valence-electron chi connectivity index (χ3n) is 4.93. The van der Waals surface area contributed by atoms with Gasteiger partial charge in [0.2, 0.25) is 5.91 Å². The lowest BCUT2D eigenvalue weighted by Gasteiger charge is -2.34. The molecule has 3 rings (SSSR count). The van der Waals surface area contributed by atoms with Gasteiger partial charge in [-0.1, -0.05) is 29.9 Å². The molecule has 1 heterocycles. The topological polar surface area (TPSA) is 57.6 Å². The molecule has 1 N–H and O–H groups in total. The molecule has 1 amide bonds. The van der Waals surface area contributed by atoms with E-state index in [1.807, 2.05) is 0 Å². The molecule has 0 bridgehead atoms. The minimum atomic E-state index is -1.36. The van der Waals surface area contributed by atoms with E-state index in [1.54, 1.807) is 23.1 Å². The van der Waals surface area contributed by atoms with Gasteiger partial charge in [0.05, 0.1) is 0 Å². The summed E-state index contributed by atoms with van der Waals surface area (Å²) in [5.74, 6) is -3.19. The predicted molar refractivity (Wildman–Crippen MR) is 88.6 cm³/mol. The largest absolute Gasteiger partial charge is 0.480 e.